The average Bonchev–Trinajstić information content (AvgIpc) is 2.83. The fourth-order valence-corrected chi connectivity index (χ4v) is 4.33. The molecule has 0 aliphatic heterocycles. The number of halogens is 4. The summed E-state index contributed by atoms with van der Waals surface area (Å²) in [5.74, 6) is -2.29. The summed E-state index contributed by atoms with van der Waals surface area (Å²) in [7, 11) is -1.86. The smallest absolute Gasteiger partial charge is 0.369 e. The maximum absolute atomic E-state index is 14.6. The number of thiol groups is 1. The zero-order valence-electron chi connectivity index (χ0n) is 21.2. The number of carbonyl (C=O) groups excluding carboxylic acids is 1. The summed E-state index contributed by atoms with van der Waals surface area (Å²) < 4.78 is 78.1. The Hall–Kier alpha value is -2.89. The van der Waals surface area contributed by atoms with E-state index in [-0.39, 0.29) is 29.9 Å². The number of pyridine rings is 1. The molecule has 0 fully saturated rings. The highest BCUT2D eigenvalue weighted by atomic mass is 32.2. The minimum atomic E-state index is -4.61. The van der Waals surface area contributed by atoms with Crippen LogP contribution in [-0.4, -0.2) is 39.4 Å². The molecular formula is C25H34F4N4O3S. The van der Waals surface area contributed by atoms with Gasteiger partial charge in [-0.2, -0.15) is 13.2 Å². The molecule has 2 aromatic rings. The number of nitrogens with zero attached hydrogens (tertiary/aromatic N) is 3. The molecule has 0 bridgehead atoms. The number of aryl methyl sites for hydroxylation is 1. The Morgan fingerprint density at radius 2 is 1.70 bits per heavy atom. The fourth-order valence-electron chi connectivity index (χ4n) is 3.99. The Morgan fingerprint density at radius 1 is 1.08 bits per heavy atom. The van der Waals surface area contributed by atoms with Gasteiger partial charge in [0.1, 0.15) is 17.3 Å². The quantitative estimate of drug-likeness (QED) is 0.262. The van der Waals surface area contributed by atoms with Gasteiger partial charge in [0, 0.05) is 20.1 Å². The van der Waals surface area contributed by atoms with Crippen LogP contribution in [0, 0.1) is 5.82 Å². The molecule has 1 aromatic heterocycles. The first-order valence-corrected chi connectivity index (χ1v) is 13.3. The third-order valence-electron chi connectivity index (χ3n) is 6.12. The Balaban J connectivity index is 2.41. The lowest BCUT2D eigenvalue weighted by molar-refractivity contribution is -0.141. The number of rotatable bonds is 14. The van der Waals surface area contributed by atoms with Crippen LogP contribution in [0.2, 0.25) is 0 Å². The number of unbranched alkanes of at least 4 members (excludes halogenated alkanes) is 2. The van der Waals surface area contributed by atoms with E-state index < -0.39 is 40.4 Å². The van der Waals surface area contributed by atoms with Crippen molar-refractivity contribution in [3.05, 3.63) is 53.0 Å². The van der Waals surface area contributed by atoms with Gasteiger partial charge in [0.05, 0.1) is 11.6 Å². The number of nitrogens with two attached hydrogens (primary N) is 1. The van der Waals surface area contributed by atoms with Crippen LogP contribution in [0.15, 0.2) is 30.3 Å². The molecule has 12 heteroatoms. The molecule has 0 radical (unpaired) electrons. The Labute approximate surface area is 216 Å². The first-order valence-electron chi connectivity index (χ1n) is 12.2. The van der Waals surface area contributed by atoms with E-state index >= 15 is 0 Å². The van der Waals surface area contributed by atoms with E-state index in [1.54, 1.807) is 0 Å². The van der Waals surface area contributed by atoms with Crippen molar-refractivity contribution in [2.45, 2.75) is 64.5 Å². The van der Waals surface area contributed by atoms with Gasteiger partial charge >= 0.3 is 6.18 Å². The highest BCUT2D eigenvalue weighted by Gasteiger charge is 2.34. The van der Waals surface area contributed by atoms with Gasteiger partial charge in [-0.05, 0) is 55.0 Å². The molecule has 1 amide bonds. The van der Waals surface area contributed by atoms with Crippen LogP contribution in [0.1, 0.15) is 68.7 Å². The fraction of sp³-hybridized carbons (Fsp3) is 0.520. The van der Waals surface area contributed by atoms with Gasteiger partial charge in [0.25, 0.3) is 0 Å². The van der Waals surface area contributed by atoms with Gasteiger partial charge < -0.3 is 10.6 Å². The van der Waals surface area contributed by atoms with E-state index in [1.807, 2.05) is 18.7 Å². The summed E-state index contributed by atoms with van der Waals surface area (Å²) in [4.78, 5) is 18.1. The molecule has 1 unspecified atom stereocenters. The first kappa shape index (κ1) is 30.3. The van der Waals surface area contributed by atoms with E-state index in [2.05, 4.69) is 4.98 Å². The molecule has 2 N–H and O–H groups in total. The molecule has 0 saturated heterocycles. The van der Waals surface area contributed by atoms with Crippen molar-refractivity contribution in [1.29, 1.82) is 0 Å². The van der Waals surface area contributed by atoms with Crippen LogP contribution >= 0.6 is 0 Å². The van der Waals surface area contributed by atoms with E-state index in [1.165, 1.54) is 25.2 Å². The van der Waals surface area contributed by atoms with Crippen LogP contribution in [0.25, 0.3) is 0 Å². The lowest BCUT2D eigenvalue weighted by Gasteiger charge is -2.27. The van der Waals surface area contributed by atoms with E-state index in [0.717, 1.165) is 42.1 Å². The molecule has 0 aliphatic rings. The van der Waals surface area contributed by atoms with Crippen LogP contribution in [0.3, 0.4) is 0 Å². The summed E-state index contributed by atoms with van der Waals surface area (Å²) in [6, 6.07) is 6.01. The molecule has 1 atom stereocenters. The second-order valence-corrected chi connectivity index (χ2v) is 9.91. The lowest BCUT2D eigenvalue weighted by atomic mass is 9.91. The number of amides is 1. The average molecular weight is 547 g/mol. The summed E-state index contributed by atoms with van der Waals surface area (Å²) >= 11 is 0. The number of benzene rings is 1. The highest BCUT2D eigenvalue weighted by molar-refractivity contribution is 7.74. The molecule has 1 aromatic carbocycles. The lowest BCUT2D eigenvalue weighted by Crippen LogP contribution is -2.29. The maximum atomic E-state index is 14.6. The maximum Gasteiger partial charge on any atom is 0.433 e. The van der Waals surface area contributed by atoms with Crippen LogP contribution in [0.4, 0.5) is 29.1 Å². The number of anilines is 2. The highest BCUT2D eigenvalue weighted by Crippen LogP contribution is 2.33. The van der Waals surface area contributed by atoms with Gasteiger partial charge in [-0.3, -0.25) is 9.10 Å². The van der Waals surface area contributed by atoms with E-state index in [9.17, 15) is 30.8 Å². The van der Waals surface area contributed by atoms with Crippen molar-refractivity contribution in [2.24, 2.45) is 5.73 Å². The number of carbonyl (C=O) groups is 1. The monoisotopic (exact) mass is 546 g/mol. The summed E-state index contributed by atoms with van der Waals surface area (Å²) in [6.45, 7) is 5.07. The van der Waals surface area contributed by atoms with Crippen LogP contribution < -0.4 is 14.9 Å². The standard InChI is InChI=1S/C25H34F4N4O3S/c1-4-6-14-33(15-7-5-2)24-17(10-13-22(31-24)25(27,28)29)8-11-19(23(30)34)18-9-12-21(20(26)16-18)32(3)37(35)36/h9-10,12-13,16,19,37H,4-8,11,14-15H2,1-3H3,(H2,30,34). The molecule has 2 rings (SSSR count). The first-order chi connectivity index (χ1) is 17.4. The van der Waals surface area contributed by atoms with Crippen molar-refractivity contribution >= 4 is 28.3 Å². The predicted octanol–water partition coefficient (Wildman–Crippen LogP) is 4.81. The van der Waals surface area contributed by atoms with Gasteiger partial charge in [-0.1, -0.05) is 38.8 Å². The van der Waals surface area contributed by atoms with Crippen LogP contribution in [0.5, 0.6) is 0 Å². The molecule has 0 spiro atoms. The molecule has 0 saturated carbocycles. The number of primary amides is 1. The zero-order chi connectivity index (χ0) is 27.8. The molecule has 7 nitrogen and oxygen atoms in total. The van der Waals surface area contributed by atoms with Crippen molar-refractivity contribution in [1.82, 2.24) is 4.98 Å². The second kappa shape index (κ2) is 13.6. The normalized spacial score (nSPS) is 12.5. The largest absolute Gasteiger partial charge is 0.433 e. The van der Waals surface area contributed by atoms with Crippen molar-refractivity contribution < 1.29 is 30.8 Å². The summed E-state index contributed by atoms with van der Waals surface area (Å²) in [5, 5.41) is 0. The number of aromatic nitrogens is 1. The van der Waals surface area contributed by atoms with E-state index in [0.29, 0.717) is 18.7 Å². The van der Waals surface area contributed by atoms with Crippen molar-refractivity contribution in [3.8, 4) is 0 Å². The minimum absolute atomic E-state index is 0.106. The van der Waals surface area contributed by atoms with Crippen molar-refractivity contribution in [2.75, 3.05) is 29.3 Å². The Bertz CT molecular complexity index is 1130. The van der Waals surface area contributed by atoms with Gasteiger partial charge in [0.15, 0.2) is 0 Å². The SMILES string of the molecule is CCCCN(CCCC)c1nc(C(F)(F)F)ccc1CCC(C(N)=O)c1ccc(N(C)[SH](=O)=O)c(F)c1. The number of alkyl halides is 3. The van der Waals surface area contributed by atoms with Gasteiger partial charge in [0.2, 0.25) is 16.8 Å². The summed E-state index contributed by atoms with van der Waals surface area (Å²) in [5.41, 5.74) is 5.21. The predicted molar refractivity (Wildman–Crippen MR) is 137 cm³/mol. The Kier molecular flexibility index (Phi) is 11.1. The minimum Gasteiger partial charge on any atom is -0.369 e. The molecule has 1 heterocycles. The number of hydrogen-bond donors (Lipinski definition) is 2. The third kappa shape index (κ3) is 8.31. The van der Waals surface area contributed by atoms with Gasteiger partial charge in [-0.25, -0.2) is 17.8 Å². The molecular weight excluding hydrogens is 512 g/mol. The second-order valence-electron chi connectivity index (χ2n) is 8.84. The Morgan fingerprint density at radius 3 is 2.19 bits per heavy atom. The zero-order valence-corrected chi connectivity index (χ0v) is 22.1. The van der Waals surface area contributed by atoms with Crippen LogP contribution in [-0.2, 0) is 28.3 Å². The molecule has 206 valence electrons. The van der Waals surface area contributed by atoms with E-state index in [4.69, 9.17) is 5.73 Å². The van der Waals surface area contributed by atoms with Gasteiger partial charge in [-0.15, -0.1) is 0 Å². The molecule has 0 aliphatic carbocycles. The molecule has 37 heavy (non-hydrogen) atoms. The summed E-state index contributed by atoms with van der Waals surface area (Å²) in [6.07, 6.45) is -1.05. The van der Waals surface area contributed by atoms with Crippen molar-refractivity contribution in [3.63, 3.8) is 0 Å². The third-order valence-corrected chi connectivity index (χ3v) is 6.83. The topological polar surface area (TPSA) is 96.6 Å². The number of hydrogen-bond acceptors (Lipinski definition) is 5.